The molecule has 1 unspecified atom stereocenters. The molecule has 2 aliphatic rings. The number of H-pyrrole nitrogens is 1. The topological polar surface area (TPSA) is 66.9 Å². The average molecular weight is 409 g/mol. The van der Waals surface area contributed by atoms with E-state index in [1.54, 1.807) is 17.4 Å². The van der Waals surface area contributed by atoms with Crippen LogP contribution in [0.2, 0.25) is 0 Å². The molecule has 1 aliphatic carbocycles. The molecule has 1 aromatic carbocycles. The van der Waals surface area contributed by atoms with Crippen molar-refractivity contribution in [3.8, 4) is 0 Å². The minimum Gasteiger partial charge on any atom is -0.378 e. The van der Waals surface area contributed by atoms with Crippen molar-refractivity contribution >= 4 is 37.7 Å². The van der Waals surface area contributed by atoms with Gasteiger partial charge in [0.15, 0.2) is 5.13 Å². The van der Waals surface area contributed by atoms with E-state index < -0.39 is 0 Å². The minimum atomic E-state index is -0.206. The van der Waals surface area contributed by atoms with Gasteiger partial charge in [0.2, 0.25) is 0 Å². The first-order valence-electron chi connectivity index (χ1n) is 10.00. The quantitative estimate of drug-likeness (QED) is 0.545. The van der Waals surface area contributed by atoms with E-state index in [-0.39, 0.29) is 11.7 Å². The molecule has 4 aromatic rings. The summed E-state index contributed by atoms with van der Waals surface area (Å²) in [7, 11) is 0. The Hall–Kier alpha value is -2.58. The van der Waals surface area contributed by atoms with Crippen LogP contribution in [0, 0.1) is 5.82 Å². The monoisotopic (exact) mass is 409 g/mol. The lowest BCUT2D eigenvalue weighted by atomic mass is 9.86. The lowest BCUT2D eigenvalue weighted by Gasteiger charge is -2.25. The molecule has 4 heterocycles. The van der Waals surface area contributed by atoms with Crippen LogP contribution in [0.1, 0.15) is 29.4 Å². The molecule has 8 heteroatoms. The summed E-state index contributed by atoms with van der Waals surface area (Å²) in [5.74, 6) is 0.948. The maximum absolute atomic E-state index is 13.6. The first-order valence-corrected chi connectivity index (χ1v) is 10.8. The fourth-order valence-electron chi connectivity index (χ4n) is 4.44. The molecule has 1 saturated heterocycles. The number of morpholine rings is 1. The van der Waals surface area contributed by atoms with Gasteiger partial charge in [-0.15, -0.1) is 0 Å². The number of benzene rings is 1. The van der Waals surface area contributed by atoms with Gasteiger partial charge in [0.25, 0.3) is 0 Å². The first-order chi connectivity index (χ1) is 14.2. The Labute approximate surface area is 170 Å². The number of halogens is 1. The maximum atomic E-state index is 13.6. The van der Waals surface area contributed by atoms with Gasteiger partial charge in [-0.05, 0) is 43.0 Å². The molecular weight excluding hydrogens is 389 g/mol. The third kappa shape index (κ3) is 2.98. The third-order valence-electron chi connectivity index (χ3n) is 5.96. The molecule has 0 radical (unpaired) electrons. The zero-order chi connectivity index (χ0) is 19.4. The van der Waals surface area contributed by atoms with E-state index in [0.29, 0.717) is 0 Å². The Kier molecular flexibility index (Phi) is 4.02. The Morgan fingerprint density at radius 2 is 2.10 bits per heavy atom. The van der Waals surface area contributed by atoms with Gasteiger partial charge in [0.1, 0.15) is 22.0 Å². The van der Waals surface area contributed by atoms with E-state index in [0.717, 1.165) is 77.8 Å². The summed E-state index contributed by atoms with van der Waals surface area (Å²) in [6, 6.07) is 4.99. The summed E-state index contributed by atoms with van der Waals surface area (Å²) in [6.45, 7) is 3.22. The first kappa shape index (κ1) is 17.3. The SMILES string of the molecule is Fc1ccc2c3c([nH]c2c1)CCC(c1ncc2nc(N4CCOCC4)sc2n1)C3. The van der Waals surface area contributed by atoms with E-state index >= 15 is 0 Å². The molecule has 1 fully saturated rings. The van der Waals surface area contributed by atoms with Crippen molar-refractivity contribution < 1.29 is 9.13 Å². The minimum absolute atomic E-state index is 0.206. The van der Waals surface area contributed by atoms with Gasteiger partial charge in [0, 0.05) is 35.6 Å². The van der Waals surface area contributed by atoms with Crippen LogP contribution in [0.3, 0.4) is 0 Å². The van der Waals surface area contributed by atoms with Crippen LogP contribution in [0.4, 0.5) is 9.52 Å². The van der Waals surface area contributed by atoms with Crippen molar-refractivity contribution in [3.05, 3.63) is 47.3 Å². The number of aryl methyl sites for hydroxylation is 1. The maximum Gasteiger partial charge on any atom is 0.188 e. The highest BCUT2D eigenvalue weighted by Gasteiger charge is 2.26. The van der Waals surface area contributed by atoms with Crippen molar-refractivity contribution in [2.24, 2.45) is 0 Å². The van der Waals surface area contributed by atoms with E-state index in [1.807, 2.05) is 12.3 Å². The Balaban J connectivity index is 1.32. The van der Waals surface area contributed by atoms with E-state index in [4.69, 9.17) is 14.7 Å². The molecule has 148 valence electrons. The number of aromatic amines is 1. The predicted octanol–water partition coefficient (Wildman–Crippen LogP) is 3.82. The second kappa shape index (κ2) is 6.74. The smallest absolute Gasteiger partial charge is 0.188 e. The number of thiazole rings is 1. The van der Waals surface area contributed by atoms with Crippen LogP contribution in [-0.4, -0.2) is 46.2 Å². The van der Waals surface area contributed by atoms with Crippen molar-refractivity contribution in [3.63, 3.8) is 0 Å². The van der Waals surface area contributed by atoms with Gasteiger partial charge in [0.05, 0.1) is 19.4 Å². The van der Waals surface area contributed by atoms with Gasteiger partial charge in [-0.2, -0.15) is 0 Å². The molecular formula is C21H20FN5OS. The number of ether oxygens (including phenoxy) is 1. The van der Waals surface area contributed by atoms with Gasteiger partial charge in [-0.3, -0.25) is 0 Å². The average Bonchev–Trinajstić information content (AvgIpc) is 3.34. The molecule has 3 aromatic heterocycles. The highest BCUT2D eigenvalue weighted by molar-refractivity contribution is 7.21. The van der Waals surface area contributed by atoms with Crippen molar-refractivity contribution in [2.45, 2.75) is 25.2 Å². The summed E-state index contributed by atoms with van der Waals surface area (Å²) in [4.78, 5) is 20.9. The van der Waals surface area contributed by atoms with Gasteiger partial charge in [-0.1, -0.05) is 11.3 Å². The third-order valence-corrected chi connectivity index (χ3v) is 6.98. The molecule has 0 saturated carbocycles. The van der Waals surface area contributed by atoms with E-state index in [9.17, 15) is 4.39 Å². The number of hydrogen-bond acceptors (Lipinski definition) is 6. The summed E-state index contributed by atoms with van der Waals surface area (Å²) in [5.41, 5.74) is 4.23. The van der Waals surface area contributed by atoms with Crippen molar-refractivity contribution in [1.82, 2.24) is 19.9 Å². The van der Waals surface area contributed by atoms with Crippen molar-refractivity contribution in [2.75, 3.05) is 31.2 Å². The fraction of sp³-hybridized carbons (Fsp3) is 0.381. The van der Waals surface area contributed by atoms with Crippen LogP contribution in [-0.2, 0) is 17.6 Å². The van der Waals surface area contributed by atoms with Crippen LogP contribution >= 0.6 is 11.3 Å². The fourth-order valence-corrected chi connectivity index (χ4v) is 5.41. The molecule has 0 bridgehead atoms. The number of rotatable bonds is 2. The normalized spacial score (nSPS) is 19.8. The molecule has 1 N–H and O–H groups in total. The second-order valence-corrected chi connectivity index (χ2v) is 8.68. The van der Waals surface area contributed by atoms with Gasteiger partial charge >= 0.3 is 0 Å². The van der Waals surface area contributed by atoms with Crippen LogP contribution in [0.25, 0.3) is 21.3 Å². The largest absolute Gasteiger partial charge is 0.378 e. The number of nitrogens with one attached hydrogen (secondary N) is 1. The number of fused-ring (bicyclic) bond motifs is 4. The lowest BCUT2D eigenvalue weighted by Crippen LogP contribution is -2.36. The molecule has 1 aliphatic heterocycles. The highest BCUT2D eigenvalue weighted by atomic mass is 32.1. The lowest BCUT2D eigenvalue weighted by molar-refractivity contribution is 0.122. The Morgan fingerprint density at radius 3 is 3.00 bits per heavy atom. The Morgan fingerprint density at radius 1 is 1.21 bits per heavy atom. The van der Waals surface area contributed by atoms with Crippen molar-refractivity contribution in [1.29, 1.82) is 0 Å². The number of aromatic nitrogens is 4. The second-order valence-electron chi connectivity index (χ2n) is 7.73. The number of hydrogen-bond donors (Lipinski definition) is 1. The zero-order valence-electron chi connectivity index (χ0n) is 15.8. The highest BCUT2D eigenvalue weighted by Crippen LogP contribution is 2.36. The van der Waals surface area contributed by atoms with E-state index in [2.05, 4.69) is 14.9 Å². The molecule has 1 atom stereocenters. The van der Waals surface area contributed by atoms with Gasteiger partial charge < -0.3 is 14.6 Å². The van der Waals surface area contributed by atoms with Gasteiger partial charge in [-0.25, -0.2) is 19.3 Å². The number of nitrogens with zero attached hydrogens (tertiary/aromatic N) is 4. The molecule has 29 heavy (non-hydrogen) atoms. The molecule has 0 spiro atoms. The summed E-state index contributed by atoms with van der Waals surface area (Å²) in [5, 5.41) is 2.11. The predicted molar refractivity (Wildman–Crippen MR) is 111 cm³/mol. The van der Waals surface area contributed by atoms with Crippen LogP contribution in [0.5, 0.6) is 0 Å². The van der Waals surface area contributed by atoms with Crippen LogP contribution in [0.15, 0.2) is 24.4 Å². The standard InChI is InChI=1S/C21H20FN5OS/c22-13-2-3-14-15-9-12(1-4-16(15)24-17(14)10-13)19-23-11-18-20(26-19)29-21(25-18)27-5-7-28-8-6-27/h2-3,10-12,24H,1,4-9H2. The molecule has 6 nitrogen and oxygen atoms in total. The molecule has 0 amide bonds. The zero-order valence-corrected chi connectivity index (χ0v) is 16.6. The number of anilines is 1. The summed E-state index contributed by atoms with van der Waals surface area (Å²) < 4.78 is 19.0. The van der Waals surface area contributed by atoms with Crippen LogP contribution < -0.4 is 4.90 Å². The Bertz CT molecular complexity index is 1210. The summed E-state index contributed by atoms with van der Waals surface area (Å²) in [6.07, 6.45) is 4.65. The summed E-state index contributed by atoms with van der Waals surface area (Å²) >= 11 is 1.63. The molecule has 6 rings (SSSR count). The van der Waals surface area contributed by atoms with E-state index in [1.165, 1.54) is 17.3 Å².